The maximum Gasteiger partial charge on any atom is 0.492 e. The lowest BCUT2D eigenvalue weighted by Crippen LogP contribution is -2.05. The zero-order chi connectivity index (χ0) is 43.7. The average Bonchev–Trinajstić information content (AvgIpc) is 3.02. The molecular weight excluding hydrogens is 812 g/mol. The third kappa shape index (κ3) is 33.0. The Hall–Kier alpha value is -1.52. The SMILES string of the molecule is CC(C)=CCCC(C)=CCCC(C)=CCOP(=O)(OC/C=C(\C)CCC=C(C)C)OP(=O)(OCC=C(C)CCC=C(C)CCC=C(C)C)OP(=O)(O)OP(=O)(O)O. The second-order valence-electron chi connectivity index (χ2n) is 14.8. The van der Waals surface area contributed by atoms with Crippen molar-refractivity contribution < 1.29 is 59.4 Å². The van der Waals surface area contributed by atoms with Crippen molar-refractivity contribution in [3.05, 3.63) is 93.2 Å². The van der Waals surface area contributed by atoms with E-state index >= 15 is 0 Å². The Bertz CT molecular complexity index is 1680. The molecule has 13 nitrogen and oxygen atoms in total. The summed E-state index contributed by atoms with van der Waals surface area (Å²) < 4.78 is 81.9. The van der Waals surface area contributed by atoms with Crippen molar-refractivity contribution in [2.24, 2.45) is 0 Å². The van der Waals surface area contributed by atoms with E-state index in [1.165, 1.54) is 28.4 Å². The fraction of sp³-hybridized carbons (Fsp3) is 0.600. The van der Waals surface area contributed by atoms with Gasteiger partial charge in [-0.05, 0) is 140 Å². The molecule has 0 aromatic rings. The van der Waals surface area contributed by atoms with E-state index in [0.717, 1.165) is 60.8 Å². The van der Waals surface area contributed by atoms with Crippen LogP contribution in [0.5, 0.6) is 0 Å². The number of phosphoric acid groups is 4. The molecular formula is C40H70O13P4. The van der Waals surface area contributed by atoms with Gasteiger partial charge in [0.05, 0.1) is 19.8 Å². The van der Waals surface area contributed by atoms with E-state index in [2.05, 4.69) is 73.6 Å². The molecule has 0 aliphatic rings. The molecule has 0 aromatic carbocycles. The topological polar surface area (TPSA) is 184 Å². The summed E-state index contributed by atoms with van der Waals surface area (Å²) in [7, 11) is -21.9. The van der Waals surface area contributed by atoms with E-state index in [9.17, 15) is 23.2 Å². The van der Waals surface area contributed by atoms with Gasteiger partial charge in [-0.15, -0.1) is 0 Å². The Kier molecular flexibility index (Phi) is 28.1. The van der Waals surface area contributed by atoms with Gasteiger partial charge >= 0.3 is 31.3 Å². The fourth-order valence-electron chi connectivity index (χ4n) is 4.73. The zero-order valence-electron chi connectivity index (χ0n) is 36.0. The maximum absolute atomic E-state index is 14.1. The van der Waals surface area contributed by atoms with Crippen molar-refractivity contribution in [3.63, 3.8) is 0 Å². The molecule has 328 valence electrons. The summed E-state index contributed by atoms with van der Waals surface area (Å²) >= 11 is 0. The second-order valence-corrected chi connectivity index (χ2v) is 21.2. The lowest BCUT2D eigenvalue weighted by molar-refractivity contribution is 0.141. The van der Waals surface area contributed by atoms with Crippen LogP contribution in [0, 0.1) is 0 Å². The molecule has 0 saturated heterocycles. The Morgan fingerprint density at radius 2 is 0.667 bits per heavy atom. The highest BCUT2D eigenvalue weighted by Gasteiger charge is 2.48. The highest BCUT2D eigenvalue weighted by molar-refractivity contribution is 7.70. The first-order valence-electron chi connectivity index (χ1n) is 19.2. The number of hydrogen-bond donors (Lipinski definition) is 3. The van der Waals surface area contributed by atoms with E-state index in [0.29, 0.717) is 25.7 Å². The minimum Gasteiger partial charge on any atom is -0.302 e. The normalized spacial score (nSPS) is 16.7. The summed E-state index contributed by atoms with van der Waals surface area (Å²) in [6.45, 7) is 20.6. The van der Waals surface area contributed by atoms with Crippen LogP contribution < -0.4 is 0 Å². The van der Waals surface area contributed by atoms with Gasteiger partial charge in [-0.2, -0.15) is 12.9 Å². The molecule has 0 amide bonds. The highest BCUT2D eigenvalue weighted by Crippen LogP contribution is 2.74. The van der Waals surface area contributed by atoms with Gasteiger partial charge in [-0.25, -0.2) is 18.3 Å². The van der Waals surface area contributed by atoms with Crippen LogP contribution >= 0.6 is 31.3 Å². The molecule has 0 aromatic heterocycles. The first-order valence-corrected chi connectivity index (χ1v) is 25.1. The van der Waals surface area contributed by atoms with Gasteiger partial charge in [-0.3, -0.25) is 13.6 Å². The number of allylic oxidation sites excluding steroid dienone is 13. The highest BCUT2D eigenvalue weighted by atomic mass is 31.3. The van der Waals surface area contributed by atoms with Gasteiger partial charge in [0.2, 0.25) is 0 Å². The van der Waals surface area contributed by atoms with Gasteiger partial charge in [0.15, 0.2) is 0 Å². The fourth-order valence-corrected chi connectivity index (χ4v) is 10.2. The van der Waals surface area contributed by atoms with Gasteiger partial charge in [0, 0.05) is 0 Å². The van der Waals surface area contributed by atoms with Crippen molar-refractivity contribution in [2.45, 2.75) is 140 Å². The first-order chi connectivity index (χ1) is 26.3. The Morgan fingerprint density at radius 1 is 0.386 bits per heavy atom. The van der Waals surface area contributed by atoms with Crippen LogP contribution in [0.25, 0.3) is 0 Å². The summed E-state index contributed by atoms with van der Waals surface area (Å²) in [6, 6.07) is 0. The number of rotatable bonds is 30. The van der Waals surface area contributed by atoms with E-state index in [-0.39, 0.29) is 13.2 Å². The lowest BCUT2D eigenvalue weighted by Gasteiger charge is -2.23. The molecule has 0 heterocycles. The third-order valence-electron chi connectivity index (χ3n) is 7.94. The summed E-state index contributed by atoms with van der Waals surface area (Å²) in [5.41, 5.74) is 8.72. The number of phosphoric ester groups is 1. The van der Waals surface area contributed by atoms with Gasteiger partial charge < -0.3 is 14.7 Å². The average molecular weight is 883 g/mol. The van der Waals surface area contributed by atoms with Crippen molar-refractivity contribution in [2.75, 3.05) is 19.8 Å². The predicted molar refractivity (Wildman–Crippen MR) is 231 cm³/mol. The quantitative estimate of drug-likeness (QED) is 0.0458. The molecule has 3 N–H and O–H groups in total. The molecule has 0 rings (SSSR count). The van der Waals surface area contributed by atoms with E-state index in [1.807, 2.05) is 34.6 Å². The van der Waals surface area contributed by atoms with E-state index in [4.69, 9.17) is 27.7 Å². The minimum atomic E-state index is -5.85. The predicted octanol–water partition coefficient (Wildman–Crippen LogP) is 14.0. The molecule has 0 spiro atoms. The molecule has 0 bridgehead atoms. The van der Waals surface area contributed by atoms with Crippen molar-refractivity contribution in [1.82, 2.24) is 0 Å². The monoisotopic (exact) mass is 882 g/mol. The van der Waals surface area contributed by atoms with Crippen LogP contribution in [-0.4, -0.2) is 34.5 Å². The lowest BCUT2D eigenvalue weighted by atomic mass is 10.1. The summed E-state index contributed by atoms with van der Waals surface area (Å²) in [5.74, 6) is 0. The summed E-state index contributed by atoms with van der Waals surface area (Å²) in [6.07, 6.45) is 23.4. The van der Waals surface area contributed by atoms with Crippen LogP contribution in [0.4, 0.5) is 0 Å². The van der Waals surface area contributed by atoms with Crippen molar-refractivity contribution in [1.29, 1.82) is 0 Å². The Morgan fingerprint density at radius 3 is 0.965 bits per heavy atom. The molecule has 57 heavy (non-hydrogen) atoms. The maximum atomic E-state index is 14.1. The van der Waals surface area contributed by atoms with E-state index < -0.39 is 37.9 Å². The number of hydrogen-bond acceptors (Lipinski definition) is 10. The Labute approximate surface area is 343 Å². The van der Waals surface area contributed by atoms with E-state index in [1.54, 1.807) is 19.1 Å². The molecule has 0 radical (unpaired) electrons. The van der Waals surface area contributed by atoms with Crippen LogP contribution in [0.1, 0.15) is 140 Å². The van der Waals surface area contributed by atoms with Crippen molar-refractivity contribution >= 4 is 31.3 Å². The minimum absolute atomic E-state index is 0.340. The van der Waals surface area contributed by atoms with Gasteiger partial charge in [0.1, 0.15) is 0 Å². The van der Waals surface area contributed by atoms with Crippen LogP contribution in [-0.2, 0) is 44.8 Å². The largest absolute Gasteiger partial charge is 0.492 e. The van der Waals surface area contributed by atoms with Crippen molar-refractivity contribution in [3.8, 4) is 0 Å². The molecule has 3 unspecified atom stereocenters. The molecule has 17 heteroatoms. The zero-order valence-corrected chi connectivity index (χ0v) is 39.6. The Balaban J connectivity index is 6.25. The molecule has 0 fully saturated rings. The first kappa shape index (κ1) is 55.5. The van der Waals surface area contributed by atoms with Gasteiger partial charge in [0.25, 0.3) is 0 Å². The van der Waals surface area contributed by atoms with Crippen LogP contribution in [0.3, 0.4) is 0 Å². The third-order valence-corrected chi connectivity index (χ3v) is 14.2. The van der Waals surface area contributed by atoms with Crippen LogP contribution in [0.2, 0.25) is 0 Å². The summed E-state index contributed by atoms with van der Waals surface area (Å²) in [5, 5.41) is 0. The van der Waals surface area contributed by atoms with Crippen LogP contribution in [0.15, 0.2) is 93.2 Å². The molecule has 0 saturated carbocycles. The second kappa shape index (κ2) is 28.9. The smallest absolute Gasteiger partial charge is 0.302 e. The molecule has 3 atom stereocenters. The van der Waals surface area contributed by atoms with Gasteiger partial charge in [-0.1, -0.05) is 93.2 Å². The standard InChI is InChI=1S/C40H70O13P4/c1-33(2)17-12-20-36(7)23-15-25-39(10)28-31-49-56(46,48-30-27-38(9)22-14-19-35(5)6)53-57(47,52-55(44,45)51-54(41,42)43)50-32-29-40(11)26-16-24-37(8)21-13-18-34(3)4/h17-19,23-24,27-29H,12-16,20-22,25-26,30-32H2,1-11H3,(H,44,45)(H2,41,42,43)/b36-23?,37-24?,38-27+,39-28?,40-29?. The molecule has 0 aliphatic heterocycles. The molecule has 0 aliphatic carbocycles. The summed E-state index contributed by atoms with van der Waals surface area (Å²) in [4.78, 5) is 28.5.